The molecule has 0 radical (unpaired) electrons. The smallest absolute Gasteiger partial charge is 0.106 e. The summed E-state index contributed by atoms with van der Waals surface area (Å²) < 4.78 is 11.0. The van der Waals surface area contributed by atoms with E-state index in [1.165, 1.54) is 11.1 Å². The van der Waals surface area contributed by atoms with Crippen LogP contribution in [0.2, 0.25) is 0 Å². The van der Waals surface area contributed by atoms with Crippen LogP contribution in [0.3, 0.4) is 0 Å². The van der Waals surface area contributed by atoms with E-state index >= 15 is 0 Å². The molecule has 0 saturated carbocycles. The van der Waals surface area contributed by atoms with Crippen LogP contribution in [0.4, 0.5) is 0 Å². The number of ether oxygens (including phenoxy) is 1. The SMILES string of the molecule is Cc1cc(C(N)c2ccc3c(c2)COC3)c(C)o1. The van der Waals surface area contributed by atoms with E-state index in [4.69, 9.17) is 14.9 Å². The van der Waals surface area contributed by atoms with Gasteiger partial charge in [0.15, 0.2) is 0 Å². The fraction of sp³-hybridized carbons (Fsp3) is 0.333. The first kappa shape index (κ1) is 11.5. The number of hydrogen-bond acceptors (Lipinski definition) is 3. The normalized spacial score (nSPS) is 15.7. The molecule has 0 saturated heterocycles. The van der Waals surface area contributed by atoms with E-state index < -0.39 is 0 Å². The third kappa shape index (κ3) is 1.85. The molecule has 0 spiro atoms. The largest absolute Gasteiger partial charge is 0.466 e. The van der Waals surface area contributed by atoms with Crippen molar-refractivity contribution in [2.75, 3.05) is 0 Å². The van der Waals surface area contributed by atoms with Crippen LogP contribution in [0.15, 0.2) is 28.7 Å². The maximum Gasteiger partial charge on any atom is 0.106 e. The highest BCUT2D eigenvalue weighted by Gasteiger charge is 2.18. The summed E-state index contributed by atoms with van der Waals surface area (Å²) in [4.78, 5) is 0. The zero-order chi connectivity index (χ0) is 12.7. The summed E-state index contributed by atoms with van der Waals surface area (Å²) in [6.45, 7) is 5.31. The van der Waals surface area contributed by atoms with Crippen molar-refractivity contribution in [2.45, 2.75) is 33.1 Å². The Morgan fingerprint density at radius 2 is 1.89 bits per heavy atom. The van der Waals surface area contributed by atoms with Gasteiger partial charge < -0.3 is 14.9 Å². The third-order valence-electron chi connectivity index (χ3n) is 3.52. The molecule has 18 heavy (non-hydrogen) atoms. The Kier molecular flexibility index (Phi) is 2.73. The van der Waals surface area contributed by atoms with Gasteiger partial charge in [-0.05, 0) is 36.6 Å². The lowest BCUT2D eigenvalue weighted by Gasteiger charge is -2.12. The van der Waals surface area contributed by atoms with Gasteiger partial charge in [0.2, 0.25) is 0 Å². The Balaban J connectivity index is 1.97. The van der Waals surface area contributed by atoms with Gasteiger partial charge in [0.1, 0.15) is 11.5 Å². The summed E-state index contributed by atoms with van der Waals surface area (Å²) in [5, 5.41) is 0. The number of hydrogen-bond donors (Lipinski definition) is 1. The van der Waals surface area contributed by atoms with Crippen LogP contribution in [0.5, 0.6) is 0 Å². The van der Waals surface area contributed by atoms with Crippen LogP contribution in [-0.4, -0.2) is 0 Å². The summed E-state index contributed by atoms with van der Waals surface area (Å²) >= 11 is 0. The summed E-state index contributed by atoms with van der Waals surface area (Å²) in [5.41, 5.74) is 11.0. The number of nitrogens with two attached hydrogens (primary N) is 1. The third-order valence-corrected chi connectivity index (χ3v) is 3.52. The summed E-state index contributed by atoms with van der Waals surface area (Å²) in [6.07, 6.45) is 0. The van der Waals surface area contributed by atoms with Gasteiger partial charge in [-0.1, -0.05) is 18.2 Å². The molecule has 1 aliphatic heterocycles. The van der Waals surface area contributed by atoms with Gasteiger partial charge in [0, 0.05) is 5.56 Å². The average molecular weight is 243 g/mol. The highest BCUT2D eigenvalue weighted by molar-refractivity contribution is 5.39. The van der Waals surface area contributed by atoms with E-state index in [1.807, 2.05) is 19.9 Å². The number of rotatable bonds is 2. The lowest BCUT2D eigenvalue weighted by molar-refractivity contribution is 0.134. The second-order valence-electron chi connectivity index (χ2n) is 4.87. The first-order valence-electron chi connectivity index (χ1n) is 6.17. The molecule has 3 heteroatoms. The zero-order valence-corrected chi connectivity index (χ0v) is 10.7. The molecule has 1 aliphatic rings. The molecule has 2 aromatic rings. The molecule has 1 aromatic heterocycles. The Morgan fingerprint density at radius 1 is 1.11 bits per heavy atom. The average Bonchev–Trinajstić information content (AvgIpc) is 2.93. The van der Waals surface area contributed by atoms with Crippen molar-refractivity contribution in [1.29, 1.82) is 0 Å². The van der Waals surface area contributed by atoms with Gasteiger partial charge in [0.05, 0.1) is 19.3 Å². The maximum absolute atomic E-state index is 6.32. The Labute approximate surface area is 107 Å². The minimum Gasteiger partial charge on any atom is -0.466 e. The Hall–Kier alpha value is -1.58. The van der Waals surface area contributed by atoms with Crippen molar-refractivity contribution in [2.24, 2.45) is 5.73 Å². The quantitative estimate of drug-likeness (QED) is 0.882. The van der Waals surface area contributed by atoms with E-state index in [0.717, 1.165) is 22.6 Å². The van der Waals surface area contributed by atoms with Gasteiger partial charge in [-0.25, -0.2) is 0 Å². The summed E-state index contributed by atoms with van der Waals surface area (Å²) in [7, 11) is 0. The van der Waals surface area contributed by atoms with Crippen molar-refractivity contribution in [3.05, 3.63) is 58.0 Å². The van der Waals surface area contributed by atoms with Crippen LogP contribution in [0.25, 0.3) is 0 Å². The molecule has 0 amide bonds. The van der Waals surface area contributed by atoms with E-state index in [9.17, 15) is 0 Å². The topological polar surface area (TPSA) is 48.4 Å². The minimum absolute atomic E-state index is 0.131. The molecule has 2 N–H and O–H groups in total. The fourth-order valence-corrected chi connectivity index (χ4v) is 2.52. The number of benzene rings is 1. The van der Waals surface area contributed by atoms with Gasteiger partial charge in [-0.15, -0.1) is 0 Å². The fourth-order valence-electron chi connectivity index (χ4n) is 2.52. The highest BCUT2D eigenvalue weighted by atomic mass is 16.5. The van der Waals surface area contributed by atoms with Crippen molar-refractivity contribution in [1.82, 2.24) is 0 Å². The molecule has 3 rings (SSSR count). The molecule has 1 atom stereocenters. The van der Waals surface area contributed by atoms with E-state index in [0.29, 0.717) is 13.2 Å². The first-order valence-corrected chi connectivity index (χ1v) is 6.17. The second-order valence-corrected chi connectivity index (χ2v) is 4.87. The van der Waals surface area contributed by atoms with E-state index in [1.54, 1.807) is 0 Å². The van der Waals surface area contributed by atoms with Gasteiger partial charge >= 0.3 is 0 Å². The molecule has 0 bridgehead atoms. The number of aryl methyl sites for hydroxylation is 2. The van der Waals surface area contributed by atoms with Crippen LogP contribution in [0, 0.1) is 13.8 Å². The molecular weight excluding hydrogens is 226 g/mol. The monoisotopic (exact) mass is 243 g/mol. The lowest BCUT2D eigenvalue weighted by Crippen LogP contribution is -2.12. The van der Waals surface area contributed by atoms with Crippen molar-refractivity contribution in [3.8, 4) is 0 Å². The molecular formula is C15H17NO2. The maximum atomic E-state index is 6.32. The first-order chi connectivity index (χ1) is 8.65. The molecule has 1 unspecified atom stereocenters. The summed E-state index contributed by atoms with van der Waals surface area (Å²) in [6, 6.07) is 8.23. The molecule has 0 fully saturated rings. The highest BCUT2D eigenvalue weighted by Crippen LogP contribution is 2.28. The van der Waals surface area contributed by atoms with Gasteiger partial charge in [-0.3, -0.25) is 0 Å². The molecule has 94 valence electrons. The number of furan rings is 1. The number of fused-ring (bicyclic) bond motifs is 1. The Morgan fingerprint density at radius 3 is 2.61 bits per heavy atom. The van der Waals surface area contributed by atoms with E-state index in [-0.39, 0.29) is 6.04 Å². The van der Waals surface area contributed by atoms with Gasteiger partial charge in [-0.2, -0.15) is 0 Å². The molecule has 1 aromatic carbocycles. The van der Waals surface area contributed by atoms with Crippen molar-refractivity contribution >= 4 is 0 Å². The van der Waals surface area contributed by atoms with Crippen LogP contribution in [-0.2, 0) is 18.0 Å². The summed E-state index contributed by atoms with van der Waals surface area (Å²) in [5.74, 6) is 1.80. The zero-order valence-electron chi connectivity index (χ0n) is 10.7. The van der Waals surface area contributed by atoms with Crippen molar-refractivity contribution < 1.29 is 9.15 Å². The predicted octanol–water partition coefficient (Wildman–Crippen LogP) is 2.97. The van der Waals surface area contributed by atoms with Crippen LogP contribution < -0.4 is 5.73 Å². The second kappa shape index (κ2) is 4.26. The van der Waals surface area contributed by atoms with Crippen molar-refractivity contribution in [3.63, 3.8) is 0 Å². The minimum atomic E-state index is -0.131. The van der Waals surface area contributed by atoms with Gasteiger partial charge in [0.25, 0.3) is 0 Å². The Bertz CT molecular complexity index is 586. The molecule has 0 aliphatic carbocycles. The van der Waals surface area contributed by atoms with Crippen LogP contribution >= 0.6 is 0 Å². The van der Waals surface area contributed by atoms with E-state index in [2.05, 4.69) is 18.2 Å². The predicted molar refractivity (Wildman–Crippen MR) is 69.1 cm³/mol. The lowest BCUT2D eigenvalue weighted by atomic mass is 9.96. The molecule has 3 nitrogen and oxygen atoms in total. The van der Waals surface area contributed by atoms with Crippen LogP contribution in [0.1, 0.15) is 39.8 Å². The standard InChI is InChI=1S/C15H17NO2/c1-9-5-14(10(2)18-9)15(16)11-3-4-12-7-17-8-13(12)6-11/h3-6,15H,7-8,16H2,1-2H3. The molecule has 2 heterocycles.